The minimum Gasteiger partial charge on any atom is -0.372 e. The van der Waals surface area contributed by atoms with Crippen molar-refractivity contribution in [2.24, 2.45) is 5.92 Å². The van der Waals surface area contributed by atoms with E-state index in [1.165, 1.54) is 16.7 Å². The predicted molar refractivity (Wildman–Crippen MR) is 168 cm³/mol. The molecule has 6 rings (SSSR count). The molecule has 2 saturated heterocycles. The summed E-state index contributed by atoms with van der Waals surface area (Å²) < 4.78 is 42.1. The molecule has 0 N–H and O–H groups in total. The van der Waals surface area contributed by atoms with Gasteiger partial charge >= 0.3 is 11.0 Å². The van der Waals surface area contributed by atoms with E-state index in [0.29, 0.717) is 28.6 Å². The maximum absolute atomic E-state index is 14.1. The Morgan fingerprint density at radius 1 is 0.956 bits per heavy atom. The molecule has 45 heavy (non-hydrogen) atoms. The second-order valence-electron chi connectivity index (χ2n) is 11.4. The highest BCUT2D eigenvalue weighted by Crippen LogP contribution is 2.54. The Morgan fingerprint density at radius 2 is 1.64 bits per heavy atom. The number of halogens is 3. The first-order valence-corrected chi connectivity index (χ1v) is 16.8. The number of piperidine rings is 1. The van der Waals surface area contributed by atoms with Crippen LogP contribution in [0.2, 0.25) is 0 Å². The molecule has 3 atom stereocenters. The Kier molecular flexibility index (Phi) is 8.59. The molecule has 238 valence electrons. The molecule has 2 aromatic carbocycles. The van der Waals surface area contributed by atoms with Gasteiger partial charge in [0.1, 0.15) is 11.8 Å². The van der Waals surface area contributed by atoms with Crippen LogP contribution in [-0.4, -0.2) is 58.6 Å². The van der Waals surface area contributed by atoms with E-state index in [1.54, 1.807) is 4.90 Å². The molecule has 2 unspecified atom stereocenters. The number of thiazole rings is 1. The van der Waals surface area contributed by atoms with Gasteiger partial charge in [-0.15, -0.1) is 0 Å². The highest BCUT2D eigenvalue weighted by Gasteiger charge is 2.57. The second kappa shape index (κ2) is 12.3. The van der Waals surface area contributed by atoms with Gasteiger partial charge in [0.25, 0.3) is 0 Å². The molecule has 1 aromatic heterocycles. The van der Waals surface area contributed by atoms with Crippen LogP contribution in [0.4, 0.5) is 24.5 Å². The van der Waals surface area contributed by atoms with E-state index in [1.807, 2.05) is 38.1 Å². The third-order valence-electron chi connectivity index (χ3n) is 8.86. The average Bonchev–Trinajstić information content (AvgIpc) is 3.48. The molecule has 0 radical (unpaired) electrons. The predicted octanol–water partition coefficient (Wildman–Crippen LogP) is 5.58. The maximum Gasteiger partial charge on any atom is 0.416 e. The van der Waals surface area contributed by atoms with Gasteiger partial charge in [0.2, 0.25) is 17.7 Å². The Labute approximate surface area is 266 Å². The van der Waals surface area contributed by atoms with Crippen molar-refractivity contribution < 1.29 is 27.6 Å². The largest absolute Gasteiger partial charge is 0.416 e. The molecule has 0 saturated carbocycles. The van der Waals surface area contributed by atoms with Gasteiger partial charge in [-0.05, 0) is 69.0 Å². The molecular weight excluding hydrogens is 626 g/mol. The minimum absolute atomic E-state index is 0.147. The van der Waals surface area contributed by atoms with Crippen LogP contribution in [0.5, 0.6) is 0 Å². The van der Waals surface area contributed by atoms with Gasteiger partial charge in [-0.3, -0.25) is 23.7 Å². The molecule has 3 aromatic rings. The van der Waals surface area contributed by atoms with Crippen LogP contribution in [0.3, 0.4) is 0 Å². The number of alkyl halides is 3. The van der Waals surface area contributed by atoms with E-state index in [4.69, 9.17) is 0 Å². The minimum atomic E-state index is -4.65. The summed E-state index contributed by atoms with van der Waals surface area (Å²) in [6.07, 6.45) is -1.81. The lowest BCUT2D eigenvalue weighted by atomic mass is 9.83. The second-order valence-corrected chi connectivity index (χ2v) is 13.6. The number of nitrogens with zero attached hydrogens (tertiary/aromatic N) is 4. The first-order chi connectivity index (χ1) is 21.5. The number of hydrogen-bond acceptors (Lipinski definition) is 7. The van der Waals surface area contributed by atoms with E-state index in [9.17, 15) is 32.3 Å². The summed E-state index contributed by atoms with van der Waals surface area (Å²) in [6.45, 7) is 6.74. The Morgan fingerprint density at radius 3 is 2.29 bits per heavy atom. The van der Waals surface area contributed by atoms with E-state index in [-0.39, 0.29) is 23.0 Å². The summed E-state index contributed by atoms with van der Waals surface area (Å²) in [6, 6.07) is 11.8. The summed E-state index contributed by atoms with van der Waals surface area (Å²) in [5, 5.41) is -0.529. The number of amides is 3. The Bertz CT molecular complexity index is 1680. The lowest BCUT2D eigenvalue weighted by Gasteiger charge is -2.31. The van der Waals surface area contributed by atoms with Crippen molar-refractivity contribution in [3.05, 3.63) is 74.2 Å². The molecule has 0 aliphatic carbocycles. The number of hydrogen-bond donors (Lipinski definition) is 0. The molecule has 0 spiro atoms. The van der Waals surface area contributed by atoms with Crippen LogP contribution in [0.1, 0.15) is 55.0 Å². The molecule has 4 heterocycles. The van der Waals surface area contributed by atoms with Crippen LogP contribution < -0.4 is 14.7 Å². The quantitative estimate of drug-likeness (QED) is 0.309. The average molecular weight is 659 g/mol. The molecule has 3 amide bonds. The van der Waals surface area contributed by atoms with Crippen molar-refractivity contribution in [3.8, 4) is 0 Å². The zero-order valence-electron chi connectivity index (χ0n) is 24.9. The lowest BCUT2D eigenvalue weighted by molar-refractivity contribution is -0.137. The van der Waals surface area contributed by atoms with E-state index >= 15 is 0 Å². The SMILES string of the molecule is CCN(CC)c1ccc([C@H]2c3sc(=O)n(CC(=O)N4CCCCC4)c3SC3C(=O)N(c4cccc(C(F)(F)F)c4)C(=O)C32)cc1. The highest BCUT2D eigenvalue weighted by molar-refractivity contribution is 8.00. The number of carbonyl (C=O) groups excluding carboxylic acids is 3. The highest BCUT2D eigenvalue weighted by atomic mass is 32.2. The monoisotopic (exact) mass is 658 g/mol. The van der Waals surface area contributed by atoms with Crippen molar-refractivity contribution in [2.75, 3.05) is 36.0 Å². The smallest absolute Gasteiger partial charge is 0.372 e. The zero-order chi connectivity index (χ0) is 32.0. The molecule has 13 heteroatoms. The van der Waals surface area contributed by atoms with Crippen molar-refractivity contribution in [2.45, 2.75) is 62.0 Å². The third-order valence-corrected chi connectivity index (χ3v) is 11.5. The molecule has 3 aliphatic rings. The number of fused-ring (bicyclic) bond motifs is 2. The van der Waals surface area contributed by atoms with Crippen LogP contribution in [0, 0.1) is 5.92 Å². The van der Waals surface area contributed by atoms with Crippen LogP contribution in [0.15, 0.2) is 58.4 Å². The van der Waals surface area contributed by atoms with Crippen LogP contribution in [0.25, 0.3) is 0 Å². The number of likely N-dealkylation sites (tertiary alicyclic amines) is 1. The number of benzene rings is 2. The van der Waals surface area contributed by atoms with Crippen LogP contribution in [-0.2, 0) is 27.1 Å². The zero-order valence-corrected chi connectivity index (χ0v) is 26.5. The van der Waals surface area contributed by atoms with Gasteiger partial charge < -0.3 is 9.80 Å². The van der Waals surface area contributed by atoms with Gasteiger partial charge in [-0.25, -0.2) is 4.90 Å². The fourth-order valence-corrected chi connectivity index (χ4v) is 9.32. The van der Waals surface area contributed by atoms with Gasteiger partial charge in [-0.1, -0.05) is 41.3 Å². The number of imide groups is 1. The normalized spacial score (nSPS) is 21.6. The van der Waals surface area contributed by atoms with E-state index in [0.717, 1.165) is 78.2 Å². The number of carbonyl (C=O) groups is 3. The van der Waals surface area contributed by atoms with Crippen molar-refractivity contribution in [1.29, 1.82) is 0 Å². The van der Waals surface area contributed by atoms with Crippen molar-refractivity contribution in [1.82, 2.24) is 9.47 Å². The fourth-order valence-electron chi connectivity index (χ4n) is 6.55. The molecule has 3 aliphatic heterocycles. The van der Waals surface area contributed by atoms with Gasteiger partial charge in [-0.2, -0.15) is 13.2 Å². The first kappa shape index (κ1) is 31.4. The summed E-state index contributed by atoms with van der Waals surface area (Å²) in [4.78, 5) is 59.7. The molecule has 2 fully saturated rings. The van der Waals surface area contributed by atoms with Crippen molar-refractivity contribution in [3.63, 3.8) is 0 Å². The first-order valence-electron chi connectivity index (χ1n) is 15.1. The maximum atomic E-state index is 14.1. The molecule has 8 nitrogen and oxygen atoms in total. The van der Waals surface area contributed by atoms with Gasteiger partial charge in [0.15, 0.2) is 0 Å². The molecular formula is C32H33F3N4O4S2. The summed E-state index contributed by atoms with van der Waals surface area (Å²) in [5.74, 6) is -3.09. The van der Waals surface area contributed by atoms with E-state index in [2.05, 4.69) is 4.90 Å². The van der Waals surface area contributed by atoms with Gasteiger partial charge in [0.05, 0.1) is 22.2 Å². The Balaban J connectivity index is 1.43. The van der Waals surface area contributed by atoms with Crippen LogP contribution >= 0.6 is 23.1 Å². The third kappa shape index (κ3) is 5.69. The fraction of sp³-hybridized carbons (Fsp3) is 0.438. The Hall–Kier alpha value is -3.58. The lowest BCUT2D eigenvalue weighted by Crippen LogP contribution is -2.39. The summed E-state index contributed by atoms with van der Waals surface area (Å²) in [7, 11) is 0. The summed E-state index contributed by atoms with van der Waals surface area (Å²) >= 11 is 2.02. The number of thioether (sulfide) groups is 1. The van der Waals surface area contributed by atoms with Gasteiger partial charge in [0, 0.05) is 42.7 Å². The number of anilines is 2. The van der Waals surface area contributed by atoms with E-state index < -0.39 is 40.6 Å². The number of rotatable bonds is 7. The standard InChI is InChI=1S/C32H33F3N4O4S2/c1-3-36(4-2)21-13-11-19(12-14-21)24-25-26(29(42)39(28(25)41)22-10-8-9-20(17-22)32(33,34)35)44-30-27(24)45-31(43)38(30)18-23(40)37-15-6-5-7-16-37/h8-14,17,24-26H,3-7,15-16,18H2,1-2H3/t24-,25?,26?/m1/s1. The molecule has 0 bridgehead atoms. The van der Waals surface area contributed by atoms with Crippen molar-refractivity contribution >= 4 is 52.2 Å². The summed E-state index contributed by atoms with van der Waals surface area (Å²) in [5.41, 5.74) is 0.579. The number of aromatic nitrogens is 1. The topological polar surface area (TPSA) is 82.9 Å².